The van der Waals surface area contributed by atoms with Gasteiger partial charge in [0, 0.05) is 6.42 Å². The third kappa shape index (κ3) is 7.23. The Kier molecular flexibility index (Phi) is 8.39. The van der Waals surface area contributed by atoms with Crippen molar-refractivity contribution in [3.05, 3.63) is 29.8 Å². The molecule has 1 aromatic carbocycles. The third-order valence-corrected chi connectivity index (χ3v) is 3.97. The van der Waals surface area contributed by atoms with Gasteiger partial charge in [-0.25, -0.2) is 4.79 Å². The third-order valence-electron chi connectivity index (χ3n) is 3.97. The molecule has 0 unspecified atom stereocenters. The number of carboxylic acids is 2. The van der Waals surface area contributed by atoms with E-state index in [2.05, 4.69) is 10.6 Å². The van der Waals surface area contributed by atoms with Crippen LogP contribution in [0.1, 0.15) is 25.8 Å². The topological polar surface area (TPSA) is 179 Å². The van der Waals surface area contributed by atoms with Gasteiger partial charge in [0.1, 0.15) is 17.8 Å². The van der Waals surface area contributed by atoms with Crippen molar-refractivity contribution in [1.29, 1.82) is 0 Å². The number of aromatic hydroxyl groups is 1. The lowest BCUT2D eigenvalue weighted by atomic mass is 10.0. The van der Waals surface area contributed by atoms with Gasteiger partial charge in [-0.3, -0.25) is 14.4 Å². The number of phenolic OH excluding ortho intramolecular Hbond substituents is 1. The summed E-state index contributed by atoms with van der Waals surface area (Å²) >= 11 is 0. The highest BCUT2D eigenvalue weighted by Gasteiger charge is 2.30. The number of carbonyl (C=O) groups excluding carboxylic acids is 2. The Morgan fingerprint density at radius 2 is 1.57 bits per heavy atom. The van der Waals surface area contributed by atoms with Gasteiger partial charge in [-0.1, -0.05) is 26.0 Å². The molecule has 0 spiro atoms. The monoisotopic (exact) mass is 395 g/mol. The van der Waals surface area contributed by atoms with Gasteiger partial charge in [0.15, 0.2) is 0 Å². The second kappa shape index (κ2) is 10.3. The molecular formula is C18H25N3O7. The Bertz CT molecular complexity index is 718. The average molecular weight is 395 g/mol. The molecule has 3 atom stereocenters. The van der Waals surface area contributed by atoms with Crippen LogP contribution in [0, 0.1) is 5.92 Å². The van der Waals surface area contributed by atoms with E-state index in [0.29, 0.717) is 5.56 Å². The quantitative estimate of drug-likeness (QED) is 0.305. The van der Waals surface area contributed by atoms with Gasteiger partial charge in [0.25, 0.3) is 0 Å². The van der Waals surface area contributed by atoms with Crippen LogP contribution in [0.2, 0.25) is 0 Å². The number of phenols is 1. The lowest BCUT2D eigenvalue weighted by Gasteiger charge is -2.25. The highest BCUT2D eigenvalue weighted by Crippen LogP contribution is 2.12. The summed E-state index contributed by atoms with van der Waals surface area (Å²) in [6, 6.07) is 2.18. The minimum atomic E-state index is -1.33. The van der Waals surface area contributed by atoms with Crippen LogP contribution in [-0.4, -0.2) is 57.2 Å². The summed E-state index contributed by atoms with van der Waals surface area (Å²) in [4.78, 5) is 46.7. The highest BCUT2D eigenvalue weighted by molar-refractivity contribution is 5.93. The zero-order valence-electron chi connectivity index (χ0n) is 15.6. The number of aliphatic carboxylic acids is 2. The Hall–Kier alpha value is -3.14. The van der Waals surface area contributed by atoms with Crippen LogP contribution in [-0.2, 0) is 25.6 Å². The van der Waals surface area contributed by atoms with Crippen molar-refractivity contribution in [3.8, 4) is 5.75 Å². The summed E-state index contributed by atoms with van der Waals surface area (Å²) in [6.07, 6.45) is -0.629. The summed E-state index contributed by atoms with van der Waals surface area (Å²) in [7, 11) is 0. The number of nitrogens with one attached hydrogen (secondary N) is 2. The van der Waals surface area contributed by atoms with E-state index >= 15 is 0 Å². The Morgan fingerprint density at radius 3 is 2.04 bits per heavy atom. The number of benzene rings is 1. The number of carbonyl (C=O) groups is 4. The molecule has 0 bridgehead atoms. The van der Waals surface area contributed by atoms with Crippen molar-refractivity contribution in [1.82, 2.24) is 10.6 Å². The molecule has 0 radical (unpaired) electrons. The number of carboxylic acid groups (broad SMARTS) is 2. The van der Waals surface area contributed by atoms with E-state index in [1.807, 2.05) is 0 Å². The van der Waals surface area contributed by atoms with E-state index in [9.17, 15) is 29.4 Å². The molecule has 0 heterocycles. The van der Waals surface area contributed by atoms with E-state index in [-0.39, 0.29) is 12.2 Å². The number of amides is 2. The van der Waals surface area contributed by atoms with Crippen molar-refractivity contribution in [3.63, 3.8) is 0 Å². The molecule has 28 heavy (non-hydrogen) atoms. The van der Waals surface area contributed by atoms with Crippen LogP contribution >= 0.6 is 0 Å². The fraction of sp³-hybridized carbons (Fsp3) is 0.444. The molecule has 10 nitrogen and oxygen atoms in total. The highest BCUT2D eigenvalue weighted by atomic mass is 16.4. The van der Waals surface area contributed by atoms with Crippen LogP contribution in [0.3, 0.4) is 0 Å². The molecule has 0 saturated carbocycles. The van der Waals surface area contributed by atoms with Gasteiger partial charge in [-0.15, -0.1) is 0 Å². The molecule has 1 rings (SSSR count). The Balaban J connectivity index is 2.83. The van der Waals surface area contributed by atoms with E-state index in [4.69, 9.17) is 10.8 Å². The molecule has 7 N–H and O–H groups in total. The normalized spacial score (nSPS) is 14.0. The lowest BCUT2D eigenvalue weighted by Crippen LogP contribution is -2.56. The van der Waals surface area contributed by atoms with Crippen molar-refractivity contribution < 1.29 is 34.5 Å². The zero-order valence-corrected chi connectivity index (χ0v) is 15.6. The van der Waals surface area contributed by atoms with Crippen LogP contribution in [0.15, 0.2) is 24.3 Å². The van der Waals surface area contributed by atoms with E-state index in [1.165, 1.54) is 24.3 Å². The number of nitrogens with two attached hydrogens (primary N) is 1. The van der Waals surface area contributed by atoms with Gasteiger partial charge in [-0.05, 0) is 23.6 Å². The maximum Gasteiger partial charge on any atom is 0.326 e. The van der Waals surface area contributed by atoms with E-state index in [1.54, 1.807) is 13.8 Å². The first kappa shape index (κ1) is 22.9. The lowest BCUT2D eigenvalue weighted by molar-refractivity contribution is -0.143. The summed E-state index contributed by atoms with van der Waals surface area (Å²) in [6.45, 7) is 3.28. The van der Waals surface area contributed by atoms with Gasteiger partial charge >= 0.3 is 11.9 Å². The Morgan fingerprint density at radius 1 is 1.00 bits per heavy atom. The molecule has 10 heteroatoms. The minimum Gasteiger partial charge on any atom is -0.508 e. The molecule has 0 saturated heterocycles. The zero-order chi connectivity index (χ0) is 21.4. The second-order valence-electron chi connectivity index (χ2n) is 6.70. The van der Waals surface area contributed by atoms with Crippen molar-refractivity contribution >= 4 is 23.8 Å². The van der Waals surface area contributed by atoms with Crippen LogP contribution in [0.4, 0.5) is 0 Å². The predicted molar refractivity (Wildman–Crippen MR) is 98.4 cm³/mol. The van der Waals surface area contributed by atoms with Gasteiger partial charge < -0.3 is 31.7 Å². The van der Waals surface area contributed by atoms with Crippen molar-refractivity contribution in [2.75, 3.05) is 0 Å². The fourth-order valence-corrected chi connectivity index (χ4v) is 2.41. The molecule has 154 valence electrons. The second-order valence-corrected chi connectivity index (χ2v) is 6.70. The summed E-state index contributed by atoms with van der Waals surface area (Å²) in [5.74, 6) is -4.44. The Labute approximate surface area is 161 Å². The first-order chi connectivity index (χ1) is 13.0. The summed E-state index contributed by atoms with van der Waals surface area (Å²) in [5, 5.41) is 32.1. The van der Waals surface area contributed by atoms with Crippen molar-refractivity contribution in [2.45, 2.75) is 44.8 Å². The molecule has 2 amide bonds. The van der Waals surface area contributed by atoms with Crippen LogP contribution < -0.4 is 16.4 Å². The summed E-state index contributed by atoms with van der Waals surface area (Å²) < 4.78 is 0. The van der Waals surface area contributed by atoms with E-state index < -0.39 is 54.2 Å². The first-order valence-electron chi connectivity index (χ1n) is 8.60. The average Bonchev–Trinajstić information content (AvgIpc) is 2.59. The predicted octanol–water partition coefficient (Wildman–Crippen LogP) is -0.553. The molecule has 0 aliphatic carbocycles. The molecular weight excluding hydrogens is 370 g/mol. The first-order valence-corrected chi connectivity index (χ1v) is 8.60. The largest absolute Gasteiger partial charge is 0.508 e. The number of hydrogen-bond acceptors (Lipinski definition) is 6. The number of hydrogen-bond donors (Lipinski definition) is 6. The van der Waals surface area contributed by atoms with E-state index in [0.717, 1.165) is 0 Å². The van der Waals surface area contributed by atoms with Crippen LogP contribution in [0.25, 0.3) is 0 Å². The maximum absolute atomic E-state index is 12.5. The molecule has 0 aromatic heterocycles. The molecule has 0 aliphatic heterocycles. The number of rotatable bonds is 10. The van der Waals surface area contributed by atoms with Gasteiger partial charge in [-0.2, -0.15) is 0 Å². The van der Waals surface area contributed by atoms with Crippen LogP contribution in [0.5, 0.6) is 5.75 Å². The van der Waals surface area contributed by atoms with Crippen molar-refractivity contribution in [2.24, 2.45) is 11.7 Å². The molecule has 0 fully saturated rings. The molecule has 0 aliphatic rings. The summed E-state index contributed by atoms with van der Waals surface area (Å²) in [5.41, 5.74) is 6.07. The standard InChI is InChI=1S/C18H25N3O7/c1-9(2)15(21-16(25)12(19)8-14(23)24)17(26)20-13(18(27)28)7-10-3-5-11(22)6-4-10/h3-6,9,12-13,15,22H,7-8,19H2,1-2H3,(H,20,26)(H,21,25)(H,23,24)(H,27,28)/t12-,13-,15-/m0/s1. The van der Waals surface area contributed by atoms with Gasteiger partial charge in [0.05, 0.1) is 12.5 Å². The SMILES string of the molecule is CC(C)[C@H](NC(=O)[C@@H](N)CC(=O)O)C(=O)N[C@@H](Cc1ccc(O)cc1)C(=O)O. The minimum absolute atomic E-state index is 0.0277. The maximum atomic E-state index is 12.5. The fourth-order valence-electron chi connectivity index (χ4n) is 2.41. The van der Waals surface area contributed by atoms with Gasteiger partial charge in [0.2, 0.25) is 11.8 Å². The smallest absolute Gasteiger partial charge is 0.326 e. The molecule has 1 aromatic rings.